The number of benzene rings is 1. The van der Waals surface area contributed by atoms with Crippen molar-refractivity contribution in [2.45, 2.75) is 19.4 Å². The van der Waals surface area contributed by atoms with E-state index in [9.17, 15) is 4.79 Å². The van der Waals surface area contributed by atoms with Crippen LogP contribution in [0.5, 0.6) is 0 Å². The molecule has 3 nitrogen and oxygen atoms in total. The van der Waals surface area contributed by atoms with Crippen molar-refractivity contribution in [2.24, 2.45) is 0 Å². The highest BCUT2D eigenvalue weighted by Crippen LogP contribution is 2.02. The summed E-state index contributed by atoms with van der Waals surface area (Å²) in [6.45, 7) is 2.46. The predicted molar refractivity (Wildman–Crippen MR) is 59.9 cm³/mol. The Morgan fingerprint density at radius 3 is 2.53 bits per heavy atom. The molecule has 0 aliphatic heterocycles. The van der Waals surface area contributed by atoms with E-state index in [1.54, 1.807) is 6.92 Å². The number of likely N-dealkylation sites (N-methyl/N-ethyl adjacent to an activating group) is 1. The van der Waals surface area contributed by atoms with E-state index < -0.39 is 12.0 Å². The van der Waals surface area contributed by atoms with Crippen LogP contribution in [0, 0.1) is 0 Å². The van der Waals surface area contributed by atoms with Gasteiger partial charge in [0.2, 0.25) is 0 Å². The zero-order valence-corrected chi connectivity index (χ0v) is 9.18. The Hall–Kier alpha value is -1.35. The van der Waals surface area contributed by atoms with Crippen LogP contribution in [0.1, 0.15) is 12.5 Å². The third kappa shape index (κ3) is 3.72. The first-order valence-corrected chi connectivity index (χ1v) is 5.08. The topological polar surface area (TPSA) is 40.5 Å². The first-order chi connectivity index (χ1) is 7.11. The molecular formula is C12H17NO2. The highest BCUT2D eigenvalue weighted by atomic mass is 16.4. The van der Waals surface area contributed by atoms with Gasteiger partial charge in [-0.1, -0.05) is 30.3 Å². The van der Waals surface area contributed by atoms with Crippen LogP contribution in [-0.4, -0.2) is 35.6 Å². The van der Waals surface area contributed by atoms with Crippen LogP contribution in [0.3, 0.4) is 0 Å². The van der Waals surface area contributed by atoms with Gasteiger partial charge in [0.05, 0.1) is 0 Å². The second-order valence-electron chi connectivity index (χ2n) is 3.73. The van der Waals surface area contributed by atoms with Gasteiger partial charge in [0, 0.05) is 6.54 Å². The number of carboxylic acid groups (broad SMARTS) is 1. The summed E-state index contributed by atoms with van der Waals surface area (Å²) in [7, 11) is 1.84. The van der Waals surface area contributed by atoms with E-state index in [0.29, 0.717) is 0 Å². The van der Waals surface area contributed by atoms with Crippen LogP contribution in [-0.2, 0) is 11.2 Å². The molecule has 1 unspecified atom stereocenters. The normalized spacial score (nSPS) is 12.7. The van der Waals surface area contributed by atoms with Crippen molar-refractivity contribution in [1.29, 1.82) is 0 Å². The molecule has 0 spiro atoms. The molecule has 0 heterocycles. The van der Waals surface area contributed by atoms with Crippen molar-refractivity contribution < 1.29 is 9.90 Å². The van der Waals surface area contributed by atoms with Crippen LogP contribution in [0.4, 0.5) is 0 Å². The number of rotatable bonds is 5. The lowest BCUT2D eigenvalue weighted by Gasteiger charge is -2.20. The summed E-state index contributed by atoms with van der Waals surface area (Å²) >= 11 is 0. The van der Waals surface area contributed by atoms with E-state index in [1.807, 2.05) is 30.1 Å². The summed E-state index contributed by atoms with van der Waals surface area (Å²) < 4.78 is 0. The molecule has 1 atom stereocenters. The maximum atomic E-state index is 10.7. The Labute approximate surface area is 90.3 Å². The van der Waals surface area contributed by atoms with Crippen molar-refractivity contribution >= 4 is 5.97 Å². The fourth-order valence-electron chi connectivity index (χ4n) is 1.33. The standard InChI is InChI=1S/C12H17NO2/c1-10(12(14)15)13(2)9-8-11-6-4-3-5-7-11/h3-7,10H,8-9H2,1-2H3,(H,14,15). The van der Waals surface area contributed by atoms with E-state index in [4.69, 9.17) is 5.11 Å². The molecule has 1 N–H and O–H groups in total. The summed E-state index contributed by atoms with van der Waals surface area (Å²) in [5, 5.41) is 8.81. The molecule has 15 heavy (non-hydrogen) atoms. The molecule has 0 aliphatic rings. The molecule has 0 saturated heterocycles. The minimum Gasteiger partial charge on any atom is -0.480 e. The van der Waals surface area contributed by atoms with Gasteiger partial charge in [-0.2, -0.15) is 0 Å². The quantitative estimate of drug-likeness (QED) is 0.797. The van der Waals surface area contributed by atoms with E-state index in [-0.39, 0.29) is 0 Å². The van der Waals surface area contributed by atoms with Gasteiger partial charge in [-0.15, -0.1) is 0 Å². The van der Waals surface area contributed by atoms with Gasteiger partial charge in [-0.3, -0.25) is 9.69 Å². The van der Waals surface area contributed by atoms with E-state index >= 15 is 0 Å². The van der Waals surface area contributed by atoms with Gasteiger partial charge in [0.15, 0.2) is 0 Å². The number of hydrogen-bond donors (Lipinski definition) is 1. The monoisotopic (exact) mass is 207 g/mol. The van der Waals surface area contributed by atoms with Crippen LogP contribution >= 0.6 is 0 Å². The third-order valence-electron chi connectivity index (χ3n) is 2.61. The summed E-state index contributed by atoms with van der Waals surface area (Å²) in [5.74, 6) is -0.773. The number of aliphatic carboxylic acids is 1. The van der Waals surface area contributed by atoms with Gasteiger partial charge >= 0.3 is 5.97 Å². The van der Waals surface area contributed by atoms with E-state index in [0.717, 1.165) is 13.0 Å². The smallest absolute Gasteiger partial charge is 0.320 e. The number of carboxylic acids is 1. The average molecular weight is 207 g/mol. The van der Waals surface area contributed by atoms with Crippen molar-refractivity contribution in [3.05, 3.63) is 35.9 Å². The van der Waals surface area contributed by atoms with Crippen molar-refractivity contribution in [3.63, 3.8) is 0 Å². The highest BCUT2D eigenvalue weighted by Gasteiger charge is 2.15. The van der Waals surface area contributed by atoms with Gasteiger partial charge in [-0.25, -0.2) is 0 Å². The molecule has 1 aromatic carbocycles. The molecule has 0 amide bonds. The second-order valence-corrected chi connectivity index (χ2v) is 3.73. The first kappa shape index (κ1) is 11.7. The zero-order valence-electron chi connectivity index (χ0n) is 9.18. The summed E-state index contributed by atoms with van der Waals surface area (Å²) in [5.41, 5.74) is 1.24. The molecule has 1 aromatic rings. The summed E-state index contributed by atoms with van der Waals surface area (Å²) in [6.07, 6.45) is 0.884. The first-order valence-electron chi connectivity index (χ1n) is 5.08. The lowest BCUT2D eigenvalue weighted by atomic mass is 10.1. The molecule has 3 heteroatoms. The van der Waals surface area contributed by atoms with Gasteiger partial charge in [0.25, 0.3) is 0 Å². The van der Waals surface area contributed by atoms with Crippen molar-refractivity contribution in [1.82, 2.24) is 4.90 Å². The number of nitrogens with zero attached hydrogens (tertiary/aromatic N) is 1. The van der Waals surface area contributed by atoms with Gasteiger partial charge < -0.3 is 5.11 Å². The second kappa shape index (κ2) is 5.51. The molecule has 0 radical (unpaired) electrons. The fraction of sp³-hybridized carbons (Fsp3) is 0.417. The molecular weight excluding hydrogens is 190 g/mol. The van der Waals surface area contributed by atoms with Gasteiger partial charge in [0.1, 0.15) is 6.04 Å². The Morgan fingerprint density at radius 2 is 2.00 bits per heavy atom. The third-order valence-corrected chi connectivity index (χ3v) is 2.61. The van der Waals surface area contributed by atoms with Crippen molar-refractivity contribution in [3.8, 4) is 0 Å². The molecule has 0 aromatic heterocycles. The van der Waals surface area contributed by atoms with Crippen molar-refractivity contribution in [2.75, 3.05) is 13.6 Å². The maximum Gasteiger partial charge on any atom is 0.320 e. The minimum absolute atomic E-state index is 0.422. The molecule has 82 valence electrons. The lowest BCUT2D eigenvalue weighted by Crippen LogP contribution is -2.37. The summed E-state index contributed by atoms with van der Waals surface area (Å²) in [4.78, 5) is 12.6. The van der Waals surface area contributed by atoms with E-state index in [2.05, 4.69) is 12.1 Å². The predicted octanol–water partition coefficient (Wildman–Crippen LogP) is 1.63. The van der Waals surface area contributed by atoms with E-state index in [1.165, 1.54) is 5.56 Å². The molecule has 0 fully saturated rings. The lowest BCUT2D eigenvalue weighted by molar-refractivity contribution is -0.142. The maximum absolute atomic E-state index is 10.7. The number of carbonyl (C=O) groups is 1. The molecule has 0 saturated carbocycles. The van der Waals surface area contributed by atoms with Crippen LogP contribution in [0.2, 0.25) is 0 Å². The van der Waals surface area contributed by atoms with Crippen LogP contribution in [0.25, 0.3) is 0 Å². The Bertz CT molecular complexity index is 311. The molecule has 0 bridgehead atoms. The largest absolute Gasteiger partial charge is 0.480 e. The van der Waals surface area contributed by atoms with Crippen LogP contribution < -0.4 is 0 Å². The fourth-order valence-corrected chi connectivity index (χ4v) is 1.33. The zero-order chi connectivity index (χ0) is 11.3. The highest BCUT2D eigenvalue weighted by molar-refractivity contribution is 5.72. The van der Waals surface area contributed by atoms with Crippen LogP contribution in [0.15, 0.2) is 30.3 Å². The van der Waals surface area contributed by atoms with Gasteiger partial charge in [-0.05, 0) is 26.0 Å². The SMILES string of the molecule is CC(C(=O)O)N(C)CCc1ccccc1. The summed E-state index contributed by atoms with van der Waals surface area (Å²) in [6, 6.07) is 9.66. The number of hydrogen-bond acceptors (Lipinski definition) is 2. The Balaban J connectivity index is 2.41. The minimum atomic E-state index is -0.773. The molecule has 1 rings (SSSR count). The Kier molecular flexibility index (Phi) is 4.31. The Morgan fingerprint density at radius 1 is 1.40 bits per heavy atom. The average Bonchev–Trinajstić information content (AvgIpc) is 2.26. The molecule has 0 aliphatic carbocycles.